The van der Waals surface area contributed by atoms with Gasteiger partial charge in [-0.1, -0.05) is 73.1 Å². The number of unbranched alkanes of at least 4 members (excludes halogenated alkanes) is 1. The summed E-state index contributed by atoms with van der Waals surface area (Å²) in [6, 6.07) is 15.2. The Morgan fingerprint density at radius 1 is 1.19 bits per heavy atom. The molecule has 0 bridgehead atoms. The van der Waals surface area contributed by atoms with Gasteiger partial charge in [-0.25, -0.2) is 0 Å². The number of rotatable bonds is 13. The number of amides is 2. The number of carbonyl (C=O) groups is 3. The number of oxime groups is 1. The van der Waals surface area contributed by atoms with E-state index in [-0.39, 0.29) is 12.3 Å². The third kappa shape index (κ3) is 8.16. The lowest BCUT2D eigenvalue weighted by Crippen LogP contribution is -2.50. The molecule has 10 nitrogen and oxygen atoms in total. The van der Waals surface area contributed by atoms with Gasteiger partial charge in [-0.15, -0.1) is 0 Å². The van der Waals surface area contributed by atoms with E-state index in [1.165, 1.54) is 0 Å². The molecule has 37 heavy (non-hydrogen) atoms. The van der Waals surface area contributed by atoms with Gasteiger partial charge in [-0.2, -0.15) is 0 Å². The van der Waals surface area contributed by atoms with Crippen LogP contribution >= 0.6 is 0 Å². The fourth-order valence-corrected chi connectivity index (χ4v) is 4.03. The van der Waals surface area contributed by atoms with Crippen molar-refractivity contribution in [1.82, 2.24) is 10.2 Å². The number of amidine groups is 1. The van der Waals surface area contributed by atoms with Gasteiger partial charge < -0.3 is 25.9 Å². The first kappa shape index (κ1) is 27.4. The molecule has 0 spiro atoms. The van der Waals surface area contributed by atoms with Crippen LogP contribution in [0.2, 0.25) is 0 Å². The Labute approximate surface area is 216 Å². The lowest BCUT2D eigenvalue weighted by molar-refractivity contribution is -0.144. The average Bonchev–Trinajstić information content (AvgIpc) is 3.34. The largest absolute Gasteiger partial charge is 0.481 e. The van der Waals surface area contributed by atoms with Gasteiger partial charge in [0.05, 0.1) is 18.6 Å². The van der Waals surface area contributed by atoms with Gasteiger partial charge in [0, 0.05) is 25.1 Å². The number of benzene rings is 2. The topological polar surface area (TPSA) is 158 Å². The van der Waals surface area contributed by atoms with E-state index in [9.17, 15) is 19.5 Å². The Morgan fingerprint density at radius 3 is 2.51 bits per heavy atom. The van der Waals surface area contributed by atoms with Gasteiger partial charge in [-0.3, -0.25) is 19.8 Å². The van der Waals surface area contributed by atoms with Crippen LogP contribution in [0.1, 0.15) is 55.7 Å². The third-order valence-corrected chi connectivity index (χ3v) is 6.00. The fraction of sp³-hybridized carbons (Fsp3) is 0.370. The number of hydrogen-bond donors (Lipinski definition) is 4. The molecule has 0 fully saturated rings. The van der Waals surface area contributed by atoms with Crippen molar-refractivity contribution in [3.63, 3.8) is 0 Å². The van der Waals surface area contributed by atoms with Crippen LogP contribution < -0.4 is 11.1 Å². The summed E-state index contributed by atoms with van der Waals surface area (Å²) in [5, 5.41) is 23.6. The summed E-state index contributed by atoms with van der Waals surface area (Å²) >= 11 is 0. The normalized spacial score (nSPS) is 15.3. The Morgan fingerprint density at radius 2 is 1.89 bits per heavy atom. The Hall–Kier alpha value is -4.21. The number of hydrogen-bond acceptors (Lipinski definition) is 6. The number of carbonyl (C=O) groups excluding carboxylic acids is 2. The monoisotopic (exact) mass is 507 g/mol. The minimum absolute atomic E-state index is 0.0341. The van der Waals surface area contributed by atoms with Crippen LogP contribution in [0.15, 0.2) is 59.8 Å². The molecule has 10 heteroatoms. The molecule has 0 saturated carbocycles. The Balaban J connectivity index is 1.61. The zero-order chi connectivity index (χ0) is 26.8. The van der Waals surface area contributed by atoms with E-state index in [1.54, 1.807) is 29.2 Å². The van der Waals surface area contributed by atoms with Crippen LogP contribution in [-0.2, 0) is 25.8 Å². The number of nitrogens with one attached hydrogen (secondary N) is 2. The van der Waals surface area contributed by atoms with E-state index in [4.69, 9.17) is 16.0 Å². The number of carboxylic acid groups (broad SMARTS) is 1. The smallest absolute Gasteiger partial charge is 0.305 e. The van der Waals surface area contributed by atoms with Crippen molar-refractivity contribution in [3.8, 4) is 0 Å². The van der Waals surface area contributed by atoms with Crippen molar-refractivity contribution < 1.29 is 24.3 Å². The highest BCUT2D eigenvalue weighted by molar-refractivity contribution is 6.03. The Bertz CT molecular complexity index is 1130. The first-order chi connectivity index (χ1) is 17.8. The standard InChI is InChI=1S/C27H33N5O5/c1-2-3-13-32(17-18-7-5-4-6-8-18)27(36)23(16-25(34)35)30-24(33)15-21-14-22(31-37-21)19-9-11-20(12-10-19)26(28)29/h4-12,21,23H,2-3,13-17H2,1H3,(H3,28,29)(H,30,33)(H,34,35)/t21?,23-/m0/s1. The molecule has 1 aliphatic rings. The van der Waals surface area contributed by atoms with Crippen LogP contribution in [0, 0.1) is 5.41 Å². The zero-order valence-corrected chi connectivity index (χ0v) is 20.9. The summed E-state index contributed by atoms with van der Waals surface area (Å²) in [5.74, 6) is -2.12. The van der Waals surface area contributed by atoms with Crippen molar-refractivity contribution in [2.45, 2.75) is 57.7 Å². The second-order valence-corrected chi connectivity index (χ2v) is 8.98. The van der Waals surface area contributed by atoms with Crippen molar-refractivity contribution in [1.29, 1.82) is 5.41 Å². The summed E-state index contributed by atoms with van der Waals surface area (Å²) in [6.45, 7) is 2.80. The van der Waals surface area contributed by atoms with Gasteiger partial charge in [0.1, 0.15) is 18.0 Å². The van der Waals surface area contributed by atoms with Gasteiger partial charge in [-0.05, 0) is 17.5 Å². The van der Waals surface area contributed by atoms with Gasteiger partial charge in [0.2, 0.25) is 11.8 Å². The highest BCUT2D eigenvalue weighted by Gasteiger charge is 2.31. The SMILES string of the molecule is CCCCN(Cc1ccccc1)C(=O)[C@H](CC(=O)O)NC(=O)CC1CC(c2ccc(C(=N)N)cc2)=NO1. The quantitative estimate of drug-likeness (QED) is 0.241. The summed E-state index contributed by atoms with van der Waals surface area (Å²) in [4.78, 5) is 44.7. The average molecular weight is 508 g/mol. The fourth-order valence-electron chi connectivity index (χ4n) is 4.03. The summed E-state index contributed by atoms with van der Waals surface area (Å²) in [7, 11) is 0. The summed E-state index contributed by atoms with van der Waals surface area (Å²) in [5.41, 5.74) is 8.44. The van der Waals surface area contributed by atoms with E-state index in [0.29, 0.717) is 30.8 Å². The highest BCUT2D eigenvalue weighted by atomic mass is 16.6. The number of nitrogens with two attached hydrogens (primary N) is 1. The summed E-state index contributed by atoms with van der Waals surface area (Å²) < 4.78 is 0. The molecule has 196 valence electrons. The highest BCUT2D eigenvalue weighted by Crippen LogP contribution is 2.20. The molecule has 3 rings (SSSR count). The molecular formula is C27H33N5O5. The molecule has 1 heterocycles. The second-order valence-electron chi connectivity index (χ2n) is 8.98. The zero-order valence-electron chi connectivity index (χ0n) is 20.9. The lowest BCUT2D eigenvalue weighted by Gasteiger charge is -2.27. The maximum atomic E-state index is 13.3. The van der Waals surface area contributed by atoms with Gasteiger partial charge in [0.25, 0.3) is 0 Å². The molecular weight excluding hydrogens is 474 g/mol. The van der Waals surface area contributed by atoms with Gasteiger partial charge >= 0.3 is 5.97 Å². The molecule has 2 aromatic carbocycles. The molecule has 2 aromatic rings. The first-order valence-corrected chi connectivity index (χ1v) is 12.3. The van der Waals surface area contributed by atoms with Crippen LogP contribution in [0.25, 0.3) is 0 Å². The molecule has 1 aliphatic heterocycles. The van der Waals surface area contributed by atoms with Crippen LogP contribution in [0.5, 0.6) is 0 Å². The van der Waals surface area contributed by atoms with Crippen molar-refractivity contribution in [3.05, 3.63) is 71.3 Å². The number of aliphatic carboxylic acids is 1. The molecule has 2 atom stereocenters. The minimum atomic E-state index is -1.19. The third-order valence-electron chi connectivity index (χ3n) is 6.00. The van der Waals surface area contributed by atoms with Crippen molar-refractivity contribution in [2.24, 2.45) is 10.9 Å². The number of carboxylic acids is 1. The predicted molar refractivity (Wildman–Crippen MR) is 139 cm³/mol. The molecule has 0 aromatic heterocycles. The summed E-state index contributed by atoms with van der Waals surface area (Å²) in [6.07, 6.45) is 0.876. The maximum absolute atomic E-state index is 13.3. The molecule has 0 aliphatic carbocycles. The molecule has 0 radical (unpaired) electrons. The maximum Gasteiger partial charge on any atom is 0.305 e. The van der Waals surface area contributed by atoms with Crippen molar-refractivity contribution in [2.75, 3.05) is 6.54 Å². The van der Waals surface area contributed by atoms with E-state index in [2.05, 4.69) is 10.5 Å². The molecule has 0 saturated heterocycles. The van der Waals surface area contributed by atoms with E-state index in [0.717, 1.165) is 24.0 Å². The number of nitrogens with zero attached hydrogens (tertiary/aromatic N) is 2. The van der Waals surface area contributed by atoms with Crippen LogP contribution in [0.4, 0.5) is 0 Å². The lowest BCUT2D eigenvalue weighted by atomic mass is 10.0. The first-order valence-electron chi connectivity index (χ1n) is 12.3. The van der Waals surface area contributed by atoms with Crippen molar-refractivity contribution >= 4 is 29.3 Å². The number of nitrogen functional groups attached to an aromatic ring is 1. The van der Waals surface area contributed by atoms with E-state index in [1.807, 2.05) is 37.3 Å². The minimum Gasteiger partial charge on any atom is -0.481 e. The molecule has 5 N–H and O–H groups in total. The molecule has 1 unspecified atom stereocenters. The van der Waals surface area contributed by atoms with Gasteiger partial charge in [0.15, 0.2) is 0 Å². The van der Waals surface area contributed by atoms with E-state index < -0.39 is 36.4 Å². The van der Waals surface area contributed by atoms with E-state index >= 15 is 0 Å². The second kappa shape index (κ2) is 13.2. The predicted octanol–water partition coefficient (Wildman–Crippen LogP) is 2.64. The Kier molecular flexibility index (Phi) is 9.76. The van der Waals surface area contributed by atoms with Crippen LogP contribution in [0.3, 0.4) is 0 Å². The molecule has 2 amide bonds. The van der Waals surface area contributed by atoms with Crippen LogP contribution in [-0.4, -0.2) is 58.0 Å².